The molecule has 1 saturated heterocycles. The molecule has 1 fully saturated rings. The number of rotatable bonds is 4. The van der Waals surface area contributed by atoms with E-state index in [9.17, 15) is 4.79 Å². The molecular formula is C16H25N5O2. The minimum atomic E-state index is 0.135. The summed E-state index contributed by atoms with van der Waals surface area (Å²) in [6.07, 6.45) is 1.78. The number of aromatic nitrogens is 1. The molecule has 1 aromatic rings. The number of hydrogen-bond acceptors (Lipinski definition) is 4. The van der Waals surface area contributed by atoms with Gasteiger partial charge in [-0.1, -0.05) is 6.07 Å². The van der Waals surface area contributed by atoms with Crippen LogP contribution in [0.2, 0.25) is 0 Å². The molecule has 0 aliphatic carbocycles. The lowest BCUT2D eigenvalue weighted by Crippen LogP contribution is -2.53. The van der Waals surface area contributed by atoms with Crippen LogP contribution in [-0.2, 0) is 11.3 Å². The van der Waals surface area contributed by atoms with Crippen LogP contribution in [0.15, 0.2) is 23.3 Å². The van der Waals surface area contributed by atoms with Crippen LogP contribution in [0.1, 0.15) is 19.4 Å². The van der Waals surface area contributed by atoms with Gasteiger partial charge in [-0.2, -0.15) is 0 Å². The van der Waals surface area contributed by atoms with Crippen LogP contribution >= 0.6 is 0 Å². The summed E-state index contributed by atoms with van der Waals surface area (Å²) >= 11 is 0. The van der Waals surface area contributed by atoms with Gasteiger partial charge in [0.25, 0.3) is 0 Å². The number of aliphatic imine (C=N–C) groups is 1. The van der Waals surface area contributed by atoms with Crippen molar-refractivity contribution in [1.82, 2.24) is 20.1 Å². The van der Waals surface area contributed by atoms with Crippen molar-refractivity contribution in [2.75, 3.05) is 39.8 Å². The van der Waals surface area contributed by atoms with Gasteiger partial charge in [0.2, 0.25) is 11.8 Å². The molecule has 7 heteroatoms. The van der Waals surface area contributed by atoms with E-state index in [-0.39, 0.29) is 5.91 Å². The van der Waals surface area contributed by atoms with E-state index in [2.05, 4.69) is 27.1 Å². The molecule has 1 N–H and O–H groups in total. The van der Waals surface area contributed by atoms with Gasteiger partial charge in [-0.05, 0) is 12.5 Å². The monoisotopic (exact) mass is 319 g/mol. The smallest absolute Gasteiger partial charge is 0.219 e. The molecule has 0 radical (unpaired) electrons. The predicted molar refractivity (Wildman–Crippen MR) is 89.4 cm³/mol. The average molecular weight is 319 g/mol. The molecule has 1 aromatic heterocycles. The Morgan fingerprint density at radius 3 is 2.52 bits per heavy atom. The van der Waals surface area contributed by atoms with Gasteiger partial charge in [-0.25, -0.2) is 9.98 Å². The number of guanidine groups is 1. The molecule has 0 spiro atoms. The highest BCUT2D eigenvalue weighted by molar-refractivity contribution is 5.80. The van der Waals surface area contributed by atoms with Gasteiger partial charge in [-0.3, -0.25) is 4.79 Å². The molecule has 23 heavy (non-hydrogen) atoms. The van der Waals surface area contributed by atoms with Crippen molar-refractivity contribution in [3.8, 4) is 5.88 Å². The number of piperazine rings is 1. The number of hydrogen-bond donors (Lipinski definition) is 1. The number of carbonyl (C=O) groups is 1. The molecule has 1 amide bonds. The lowest BCUT2D eigenvalue weighted by molar-refractivity contribution is -0.130. The zero-order valence-corrected chi connectivity index (χ0v) is 14.1. The van der Waals surface area contributed by atoms with E-state index in [1.807, 2.05) is 17.0 Å². The maximum absolute atomic E-state index is 11.4. The average Bonchev–Trinajstić information content (AvgIpc) is 2.59. The summed E-state index contributed by atoms with van der Waals surface area (Å²) in [7, 11) is 1.60. The Balaban J connectivity index is 1.98. The van der Waals surface area contributed by atoms with Crippen LogP contribution in [0, 0.1) is 0 Å². The second kappa shape index (κ2) is 8.36. The van der Waals surface area contributed by atoms with Crippen LogP contribution in [0.5, 0.6) is 5.88 Å². The minimum absolute atomic E-state index is 0.135. The Bertz CT molecular complexity index is 536. The first kappa shape index (κ1) is 17.1. The van der Waals surface area contributed by atoms with E-state index in [0.29, 0.717) is 12.4 Å². The molecule has 0 unspecified atom stereocenters. The van der Waals surface area contributed by atoms with E-state index >= 15 is 0 Å². The van der Waals surface area contributed by atoms with Crippen LogP contribution in [0.3, 0.4) is 0 Å². The predicted octanol–water partition coefficient (Wildman–Crippen LogP) is 0.720. The number of nitrogens with zero attached hydrogens (tertiary/aromatic N) is 4. The first-order valence-corrected chi connectivity index (χ1v) is 7.91. The standard InChI is InChI=1S/C16H25N5O2/c1-4-17-16(21-9-7-20(8-10-21)13(2)22)19-12-14-5-6-15(23-3)18-11-14/h5-6,11H,4,7-10,12H2,1-3H3,(H,17,19). The van der Waals surface area contributed by atoms with Crippen molar-refractivity contribution < 1.29 is 9.53 Å². The van der Waals surface area contributed by atoms with Crippen LogP contribution in [-0.4, -0.2) is 66.5 Å². The number of methoxy groups -OCH3 is 1. The van der Waals surface area contributed by atoms with Crippen LogP contribution in [0.4, 0.5) is 0 Å². The van der Waals surface area contributed by atoms with Gasteiger partial charge >= 0.3 is 0 Å². The van der Waals surface area contributed by atoms with Crippen molar-refractivity contribution in [3.63, 3.8) is 0 Å². The van der Waals surface area contributed by atoms with Gasteiger partial charge < -0.3 is 19.9 Å². The molecular weight excluding hydrogens is 294 g/mol. The topological polar surface area (TPSA) is 70.1 Å². The van der Waals surface area contributed by atoms with Crippen molar-refractivity contribution in [2.45, 2.75) is 20.4 Å². The normalized spacial score (nSPS) is 15.5. The Hall–Kier alpha value is -2.31. The summed E-state index contributed by atoms with van der Waals surface area (Å²) in [4.78, 5) is 24.3. The number of pyridine rings is 1. The zero-order chi connectivity index (χ0) is 16.7. The third-order valence-electron chi connectivity index (χ3n) is 3.78. The molecule has 7 nitrogen and oxygen atoms in total. The highest BCUT2D eigenvalue weighted by Crippen LogP contribution is 2.08. The highest BCUT2D eigenvalue weighted by atomic mass is 16.5. The molecule has 1 aliphatic heterocycles. The summed E-state index contributed by atoms with van der Waals surface area (Å²) in [5.41, 5.74) is 1.03. The third kappa shape index (κ3) is 4.84. The SMILES string of the molecule is CCNC(=NCc1ccc(OC)nc1)N1CCN(C(C)=O)CC1. The molecule has 0 saturated carbocycles. The lowest BCUT2D eigenvalue weighted by Gasteiger charge is -2.36. The van der Waals surface area contributed by atoms with E-state index in [1.165, 1.54) is 0 Å². The van der Waals surface area contributed by atoms with Gasteiger partial charge in [0.05, 0.1) is 13.7 Å². The first-order valence-electron chi connectivity index (χ1n) is 7.91. The molecule has 126 valence electrons. The molecule has 0 bridgehead atoms. The fraction of sp³-hybridized carbons (Fsp3) is 0.562. The summed E-state index contributed by atoms with van der Waals surface area (Å²) in [6, 6.07) is 3.80. The number of ether oxygens (including phenoxy) is 1. The largest absolute Gasteiger partial charge is 0.481 e. The van der Waals surface area contributed by atoms with E-state index in [0.717, 1.165) is 44.2 Å². The van der Waals surface area contributed by atoms with Crippen LogP contribution < -0.4 is 10.1 Å². The van der Waals surface area contributed by atoms with E-state index in [4.69, 9.17) is 4.74 Å². The third-order valence-corrected chi connectivity index (χ3v) is 3.78. The molecule has 0 atom stereocenters. The highest BCUT2D eigenvalue weighted by Gasteiger charge is 2.20. The summed E-state index contributed by atoms with van der Waals surface area (Å²) in [6.45, 7) is 8.12. The Morgan fingerprint density at radius 1 is 1.30 bits per heavy atom. The summed E-state index contributed by atoms with van der Waals surface area (Å²) < 4.78 is 5.06. The maximum Gasteiger partial charge on any atom is 0.219 e. The molecule has 1 aliphatic rings. The molecule has 2 heterocycles. The van der Waals surface area contributed by atoms with Crippen molar-refractivity contribution in [1.29, 1.82) is 0 Å². The Morgan fingerprint density at radius 2 is 2.00 bits per heavy atom. The van der Waals surface area contributed by atoms with Crippen molar-refractivity contribution >= 4 is 11.9 Å². The zero-order valence-electron chi connectivity index (χ0n) is 14.1. The number of amides is 1. The second-order valence-corrected chi connectivity index (χ2v) is 5.37. The maximum atomic E-state index is 11.4. The molecule has 2 rings (SSSR count). The lowest BCUT2D eigenvalue weighted by atomic mass is 10.3. The van der Waals surface area contributed by atoms with E-state index in [1.54, 1.807) is 20.2 Å². The first-order chi connectivity index (χ1) is 11.1. The minimum Gasteiger partial charge on any atom is -0.481 e. The van der Waals surface area contributed by atoms with Crippen LogP contribution in [0.25, 0.3) is 0 Å². The van der Waals surface area contributed by atoms with Gasteiger partial charge in [-0.15, -0.1) is 0 Å². The van der Waals surface area contributed by atoms with Crippen molar-refractivity contribution in [3.05, 3.63) is 23.9 Å². The van der Waals surface area contributed by atoms with Crippen molar-refractivity contribution in [2.24, 2.45) is 4.99 Å². The quantitative estimate of drug-likeness (QED) is 0.654. The second-order valence-electron chi connectivity index (χ2n) is 5.37. The van der Waals surface area contributed by atoms with Gasteiger partial charge in [0, 0.05) is 51.9 Å². The van der Waals surface area contributed by atoms with Gasteiger partial charge in [0.15, 0.2) is 5.96 Å². The Kier molecular flexibility index (Phi) is 6.19. The fourth-order valence-electron chi connectivity index (χ4n) is 2.45. The molecule has 0 aromatic carbocycles. The Labute approximate surface area is 137 Å². The number of carbonyl (C=O) groups excluding carboxylic acids is 1. The fourth-order valence-corrected chi connectivity index (χ4v) is 2.45. The van der Waals surface area contributed by atoms with Gasteiger partial charge in [0.1, 0.15) is 0 Å². The summed E-state index contributed by atoms with van der Waals surface area (Å²) in [5.74, 6) is 1.62. The van der Waals surface area contributed by atoms with E-state index < -0.39 is 0 Å². The number of nitrogens with one attached hydrogen (secondary N) is 1. The summed E-state index contributed by atoms with van der Waals surface area (Å²) in [5, 5.41) is 3.32.